The van der Waals surface area contributed by atoms with Gasteiger partial charge in [0, 0.05) is 13.1 Å². The molecule has 1 fully saturated rings. The third kappa shape index (κ3) is 2.43. The number of hydrogen-bond donors (Lipinski definition) is 1. The van der Waals surface area contributed by atoms with E-state index in [4.69, 9.17) is 5.11 Å². The number of carboxylic acids is 1. The summed E-state index contributed by atoms with van der Waals surface area (Å²) >= 11 is 0. The molecule has 2 atom stereocenters. The molecular formula is C13H13F2NO3. The fourth-order valence-corrected chi connectivity index (χ4v) is 2.31. The molecule has 1 aromatic rings. The van der Waals surface area contributed by atoms with E-state index in [9.17, 15) is 18.4 Å². The van der Waals surface area contributed by atoms with E-state index in [-0.39, 0.29) is 19.0 Å². The van der Waals surface area contributed by atoms with E-state index >= 15 is 0 Å². The Morgan fingerprint density at radius 3 is 2.32 bits per heavy atom. The Bertz CT molecular complexity index is 512. The van der Waals surface area contributed by atoms with Gasteiger partial charge in [-0.25, -0.2) is 8.78 Å². The summed E-state index contributed by atoms with van der Waals surface area (Å²) in [6.07, 6.45) is 0. The normalized spacial score (nSPS) is 22.6. The first-order valence-electron chi connectivity index (χ1n) is 5.88. The minimum Gasteiger partial charge on any atom is -0.481 e. The summed E-state index contributed by atoms with van der Waals surface area (Å²) in [7, 11) is 0. The second-order valence-electron chi connectivity index (χ2n) is 4.73. The number of rotatable bonds is 2. The van der Waals surface area contributed by atoms with Crippen LogP contribution < -0.4 is 0 Å². The van der Waals surface area contributed by atoms with Crippen LogP contribution in [0.3, 0.4) is 0 Å². The summed E-state index contributed by atoms with van der Waals surface area (Å²) in [5.41, 5.74) is -0.624. The molecule has 1 N–H and O–H groups in total. The first-order valence-corrected chi connectivity index (χ1v) is 5.88. The highest BCUT2D eigenvalue weighted by Gasteiger charge is 2.38. The standard InChI is InChI=1S/C13H13F2NO3/c1-7-5-16(6-8(7)13(18)19)12(17)11-9(14)3-2-4-10(11)15/h2-4,7-8H,5-6H2,1H3,(H,18,19). The highest BCUT2D eigenvalue weighted by Crippen LogP contribution is 2.26. The molecule has 0 aliphatic carbocycles. The Morgan fingerprint density at radius 2 is 1.84 bits per heavy atom. The van der Waals surface area contributed by atoms with Crippen molar-refractivity contribution in [3.8, 4) is 0 Å². The topological polar surface area (TPSA) is 57.6 Å². The lowest BCUT2D eigenvalue weighted by Gasteiger charge is -2.16. The van der Waals surface area contributed by atoms with Gasteiger partial charge in [0.05, 0.1) is 5.92 Å². The van der Waals surface area contributed by atoms with Gasteiger partial charge in [-0.15, -0.1) is 0 Å². The molecule has 1 heterocycles. The fraction of sp³-hybridized carbons (Fsp3) is 0.385. The summed E-state index contributed by atoms with van der Waals surface area (Å²) < 4.78 is 27.0. The van der Waals surface area contributed by atoms with Crippen LogP contribution in [0.1, 0.15) is 17.3 Å². The molecule has 1 aromatic carbocycles. The van der Waals surface area contributed by atoms with Gasteiger partial charge in [-0.2, -0.15) is 0 Å². The summed E-state index contributed by atoms with van der Waals surface area (Å²) in [6, 6.07) is 3.18. The van der Waals surface area contributed by atoms with Gasteiger partial charge in [-0.05, 0) is 18.1 Å². The van der Waals surface area contributed by atoms with Crippen molar-refractivity contribution in [2.24, 2.45) is 11.8 Å². The molecule has 1 aliphatic rings. The van der Waals surface area contributed by atoms with Gasteiger partial charge in [-0.3, -0.25) is 9.59 Å². The largest absolute Gasteiger partial charge is 0.481 e. The maximum atomic E-state index is 13.5. The van der Waals surface area contributed by atoms with Crippen LogP contribution in [-0.4, -0.2) is 35.0 Å². The van der Waals surface area contributed by atoms with Crippen molar-refractivity contribution in [1.29, 1.82) is 0 Å². The summed E-state index contributed by atoms with van der Waals surface area (Å²) in [5.74, 6) is -4.61. The zero-order valence-electron chi connectivity index (χ0n) is 10.3. The third-order valence-corrected chi connectivity index (χ3v) is 3.39. The van der Waals surface area contributed by atoms with Crippen LogP contribution in [-0.2, 0) is 4.79 Å². The van der Waals surface area contributed by atoms with Crippen LogP contribution in [0.25, 0.3) is 0 Å². The number of hydrogen-bond acceptors (Lipinski definition) is 2. The Balaban J connectivity index is 2.25. The average Bonchev–Trinajstić information content (AvgIpc) is 2.71. The van der Waals surface area contributed by atoms with Crippen LogP contribution in [0.2, 0.25) is 0 Å². The highest BCUT2D eigenvalue weighted by molar-refractivity contribution is 5.95. The van der Waals surface area contributed by atoms with E-state index in [1.807, 2.05) is 0 Å². The van der Waals surface area contributed by atoms with Crippen molar-refractivity contribution in [3.63, 3.8) is 0 Å². The number of aliphatic carboxylic acids is 1. The Morgan fingerprint density at radius 1 is 1.26 bits per heavy atom. The van der Waals surface area contributed by atoms with Gasteiger partial charge in [0.15, 0.2) is 0 Å². The average molecular weight is 269 g/mol. The SMILES string of the molecule is CC1CN(C(=O)c2c(F)cccc2F)CC1C(=O)O. The van der Waals surface area contributed by atoms with E-state index in [1.165, 1.54) is 11.0 Å². The van der Waals surface area contributed by atoms with Gasteiger partial charge >= 0.3 is 5.97 Å². The molecular weight excluding hydrogens is 256 g/mol. The van der Waals surface area contributed by atoms with Gasteiger partial charge < -0.3 is 10.0 Å². The number of amides is 1. The van der Waals surface area contributed by atoms with Crippen LogP contribution in [0, 0.1) is 23.5 Å². The second kappa shape index (κ2) is 4.95. The molecule has 1 saturated heterocycles. The monoisotopic (exact) mass is 269 g/mol. The molecule has 6 heteroatoms. The van der Waals surface area contributed by atoms with E-state index in [1.54, 1.807) is 6.92 Å². The quantitative estimate of drug-likeness (QED) is 0.890. The Kier molecular flexibility index (Phi) is 3.50. The lowest BCUT2D eigenvalue weighted by molar-refractivity contribution is -0.142. The van der Waals surface area contributed by atoms with E-state index < -0.39 is 35.0 Å². The van der Waals surface area contributed by atoms with Crippen molar-refractivity contribution in [2.75, 3.05) is 13.1 Å². The number of benzene rings is 1. The van der Waals surface area contributed by atoms with Crippen LogP contribution >= 0.6 is 0 Å². The molecule has 0 spiro atoms. The molecule has 4 nitrogen and oxygen atoms in total. The first kappa shape index (κ1) is 13.5. The number of halogens is 2. The number of likely N-dealkylation sites (tertiary alicyclic amines) is 1. The van der Waals surface area contributed by atoms with Gasteiger partial charge in [-0.1, -0.05) is 13.0 Å². The minimum absolute atomic E-state index is 0.0247. The first-order chi connectivity index (χ1) is 8.91. The zero-order chi connectivity index (χ0) is 14.2. The van der Waals surface area contributed by atoms with Gasteiger partial charge in [0.2, 0.25) is 0 Å². The summed E-state index contributed by atoms with van der Waals surface area (Å²) in [4.78, 5) is 24.2. The van der Waals surface area contributed by atoms with Crippen molar-refractivity contribution < 1.29 is 23.5 Å². The van der Waals surface area contributed by atoms with Crippen molar-refractivity contribution in [3.05, 3.63) is 35.4 Å². The molecule has 102 valence electrons. The van der Waals surface area contributed by atoms with Gasteiger partial charge in [0.25, 0.3) is 5.91 Å². The third-order valence-electron chi connectivity index (χ3n) is 3.39. The smallest absolute Gasteiger partial charge is 0.308 e. The number of nitrogens with zero attached hydrogens (tertiary/aromatic N) is 1. The maximum absolute atomic E-state index is 13.5. The molecule has 0 aromatic heterocycles. The predicted molar refractivity (Wildman–Crippen MR) is 62.6 cm³/mol. The number of carbonyl (C=O) groups excluding carboxylic acids is 1. The molecule has 1 amide bonds. The molecule has 2 rings (SSSR count). The molecule has 0 radical (unpaired) electrons. The molecule has 1 aliphatic heterocycles. The van der Waals surface area contributed by atoms with Crippen molar-refractivity contribution in [2.45, 2.75) is 6.92 Å². The molecule has 0 bridgehead atoms. The summed E-state index contributed by atoms with van der Waals surface area (Å²) in [6.45, 7) is 1.86. The van der Waals surface area contributed by atoms with Crippen molar-refractivity contribution in [1.82, 2.24) is 4.90 Å². The van der Waals surface area contributed by atoms with Crippen LogP contribution in [0.15, 0.2) is 18.2 Å². The van der Waals surface area contributed by atoms with Crippen LogP contribution in [0.5, 0.6) is 0 Å². The zero-order valence-corrected chi connectivity index (χ0v) is 10.3. The number of carbonyl (C=O) groups is 2. The number of carboxylic acid groups (broad SMARTS) is 1. The summed E-state index contributed by atoms with van der Waals surface area (Å²) in [5, 5.41) is 8.98. The second-order valence-corrected chi connectivity index (χ2v) is 4.73. The van der Waals surface area contributed by atoms with E-state index in [0.717, 1.165) is 12.1 Å². The lowest BCUT2D eigenvalue weighted by Crippen LogP contribution is -2.31. The predicted octanol–water partition coefficient (Wildman–Crippen LogP) is 1.76. The Hall–Kier alpha value is -1.98. The molecule has 19 heavy (non-hydrogen) atoms. The lowest BCUT2D eigenvalue weighted by atomic mass is 9.99. The minimum atomic E-state index is -1.00. The van der Waals surface area contributed by atoms with Crippen LogP contribution in [0.4, 0.5) is 8.78 Å². The highest BCUT2D eigenvalue weighted by atomic mass is 19.1. The van der Waals surface area contributed by atoms with E-state index in [2.05, 4.69) is 0 Å². The van der Waals surface area contributed by atoms with Crippen molar-refractivity contribution >= 4 is 11.9 Å². The Labute approximate surface area is 108 Å². The molecule has 0 saturated carbocycles. The van der Waals surface area contributed by atoms with Gasteiger partial charge in [0.1, 0.15) is 17.2 Å². The maximum Gasteiger partial charge on any atom is 0.308 e. The fourth-order valence-electron chi connectivity index (χ4n) is 2.31. The van der Waals surface area contributed by atoms with E-state index in [0.29, 0.717) is 0 Å². The molecule has 2 unspecified atom stereocenters.